The monoisotopic (exact) mass is 500 g/mol. The number of carbonyl (C=O) groups excluding carboxylic acids is 2. The van der Waals surface area contributed by atoms with Crippen LogP contribution in [0.25, 0.3) is 0 Å². The molecule has 2 aromatic rings. The number of thiophene rings is 1. The summed E-state index contributed by atoms with van der Waals surface area (Å²) in [4.78, 5) is 31.0. The number of aliphatic hydroxyl groups excluding tert-OH is 1. The summed E-state index contributed by atoms with van der Waals surface area (Å²) in [5.41, 5.74) is 0.822. The second-order valence-corrected chi connectivity index (χ2v) is 9.29. The quantitative estimate of drug-likeness (QED) is 0.357. The summed E-state index contributed by atoms with van der Waals surface area (Å²) in [6, 6.07) is 8.29. The van der Waals surface area contributed by atoms with Crippen LogP contribution in [0.1, 0.15) is 61.8 Å². The average Bonchev–Trinajstić information content (AvgIpc) is 3.49. The zero-order valence-corrected chi connectivity index (χ0v) is 21.9. The second kappa shape index (κ2) is 12.7. The van der Waals surface area contributed by atoms with E-state index in [9.17, 15) is 14.7 Å². The fourth-order valence-electron chi connectivity index (χ4n) is 4.30. The van der Waals surface area contributed by atoms with Gasteiger partial charge in [-0.15, -0.1) is 11.3 Å². The first-order valence-electron chi connectivity index (χ1n) is 12.4. The largest absolute Gasteiger partial charge is 0.503 e. The summed E-state index contributed by atoms with van der Waals surface area (Å²) in [5, 5.41) is 12.7. The molecule has 1 aromatic heterocycles. The summed E-state index contributed by atoms with van der Waals surface area (Å²) in [7, 11) is 0. The highest BCUT2D eigenvalue weighted by Crippen LogP contribution is 2.42. The molecule has 1 aliphatic rings. The van der Waals surface area contributed by atoms with Crippen LogP contribution in [0.4, 0.5) is 0 Å². The van der Waals surface area contributed by atoms with Crippen LogP contribution in [0, 0.1) is 0 Å². The fraction of sp³-hybridized carbons (Fsp3) is 0.481. The summed E-state index contributed by atoms with van der Waals surface area (Å²) in [6.07, 6.45) is 1.59. The van der Waals surface area contributed by atoms with Gasteiger partial charge in [0.2, 0.25) is 5.78 Å². The Kier molecular flexibility index (Phi) is 9.74. The van der Waals surface area contributed by atoms with Crippen molar-refractivity contribution >= 4 is 23.0 Å². The Bertz CT molecular complexity index is 1030. The molecular weight excluding hydrogens is 464 g/mol. The highest BCUT2D eigenvalue weighted by Gasteiger charge is 2.44. The van der Waals surface area contributed by atoms with E-state index in [4.69, 9.17) is 9.47 Å². The standard InChI is InChI=1S/C27H36N2O5S/c1-5-16-34-20-13-12-19(18-21(20)33-8-4)24-23(25(30)22-11-9-17-35-22)26(31)27(32)29(24)15-10-14-28(6-2)7-3/h9,11-13,17-18,24,31H,5-8,10,14-16H2,1-4H3. The maximum Gasteiger partial charge on any atom is 0.290 e. The van der Waals surface area contributed by atoms with Crippen LogP contribution < -0.4 is 9.47 Å². The SMILES string of the molecule is CCCOc1ccc(C2C(C(=O)c3cccs3)=C(O)C(=O)N2CCCN(CC)CC)cc1OCC. The van der Waals surface area contributed by atoms with Crippen LogP contribution >= 0.6 is 11.3 Å². The average molecular weight is 501 g/mol. The van der Waals surface area contributed by atoms with Gasteiger partial charge in [-0.05, 0) is 68.5 Å². The lowest BCUT2D eigenvalue weighted by Crippen LogP contribution is -2.34. The molecule has 0 saturated carbocycles. The van der Waals surface area contributed by atoms with Crippen molar-refractivity contribution in [2.45, 2.75) is 46.6 Å². The van der Waals surface area contributed by atoms with Gasteiger partial charge in [0.25, 0.3) is 5.91 Å². The third-order valence-electron chi connectivity index (χ3n) is 6.11. The van der Waals surface area contributed by atoms with Crippen molar-refractivity contribution in [3.8, 4) is 11.5 Å². The van der Waals surface area contributed by atoms with E-state index in [2.05, 4.69) is 18.7 Å². The number of nitrogens with zero attached hydrogens (tertiary/aromatic N) is 2. The maximum atomic E-state index is 13.4. The lowest BCUT2D eigenvalue weighted by molar-refractivity contribution is -0.129. The van der Waals surface area contributed by atoms with E-state index in [1.165, 1.54) is 11.3 Å². The Morgan fingerprint density at radius 2 is 1.89 bits per heavy atom. The smallest absolute Gasteiger partial charge is 0.290 e. The number of benzene rings is 1. The van der Waals surface area contributed by atoms with Crippen molar-refractivity contribution in [3.05, 3.63) is 57.5 Å². The number of carbonyl (C=O) groups is 2. The predicted octanol–water partition coefficient (Wildman–Crippen LogP) is 5.25. The third kappa shape index (κ3) is 6.05. The molecular formula is C27H36N2O5S. The first kappa shape index (κ1) is 26.8. The summed E-state index contributed by atoms with van der Waals surface area (Å²) >= 11 is 1.29. The molecule has 1 N–H and O–H groups in total. The van der Waals surface area contributed by atoms with Crippen molar-refractivity contribution in [3.63, 3.8) is 0 Å². The maximum absolute atomic E-state index is 13.4. The minimum atomic E-state index is -0.701. The number of aliphatic hydroxyl groups is 1. The number of amides is 1. The normalized spacial score (nSPS) is 15.9. The van der Waals surface area contributed by atoms with Crippen molar-refractivity contribution < 1.29 is 24.2 Å². The van der Waals surface area contributed by atoms with Crippen LogP contribution in [-0.4, -0.2) is 66.0 Å². The van der Waals surface area contributed by atoms with Crippen LogP contribution in [0.3, 0.4) is 0 Å². The van der Waals surface area contributed by atoms with E-state index in [1.54, 1.807) is 17.0 Å². The Balaban J connectivity index is 2.00. The molecule has 35 heavy (non-hydrogen) atoms. The van der Waals surface area contributed by atoms with E-state index < -0.39 is 17.7 Å². The fourth-order valence-corrected chi connectivity index (χ4v) is 4.98. The second-order valence-electron chi connectivity index (χ2n) is 8.34. The zero-order chi connectivity index (χ0) is 25.4. The molecule has 0 fully saturated rings. The third-order valence-corrected chi connectivity index (χ3v) is 6.97. The Morgan fingerprint density at radius 3 is 2.51 bits per heavy atom. The highest BCUT2D eigenvalue weighted by molar-refractivity contribution is 7.12. The van der Waals surface area contributed by atoms with Gasteiger partial charge in [-0.3, -0.25) is 9.59 Å². The zero-order valence-electron chi connectivity index (χ0n) is 21.1. The van der Waals surface area contributed by atoms with Gasteiger partial charge in [-0.25, -0.2) is 0 Å². The molecule has 1 aromatic carbocycles. The topological polar surface area (TPSA) is 79.3 Å². The lowest BCUT2D eigenvalue weighted by Gasteiger charge is -2.28. The molecule has 7 nitrogen and oxygen atoms in total. The first-order chi connectivity index (χ1) is 17.0. The van der Waals surface area contributed by atoms with Crippen molar-refractivity contribution in [1.29, 1.82) is 0 Å². The Labute approximate surface area is 212 Å². The molecule has 190 valence electrons. The molecule has 1 aliphatic heterocycles. The predicted molar refractivity (Wildman–Crippen MR) is 139 cm³/mol. The Hall–Kier alpha value is -2.84. The number of hydrogen-bond donors (Lipinski definition) is 1. The van der Waals surface area contributed by atoms with Gasteiger partial charge in [-0.1, -0.05) is 32.9 Å². The minimum Gasteiger partial charge on any atom is -0.503 e. The van der Waals surface area contributed by atoms with Gasteiger partial charge in [-0.2, -0.15) is 0 Å². The molecule has 0 aliphatic carbocycles. The summed E-state index contributed by atoms with van der Waals surface area (Å²) in [6.45, 7) is 12.2. The highest BCUT2D eigenvalue weighted by atomic mass is 32.1. The van der Waals surface area contributed by atoms with Gasteiger partial charge < -0.3 is 24.4 Å². The molecule has 2 heterocycles. The summed E-state index contributed by atoms with van der Waals surface area (Å²) < 4.78 is 11.7. The molecule has 0 spiro atoms. The number of Topliss-reactive ketones (excluding diaryl/α,β-unsaturated/α-hetero) is 1. The van der Waals surface area contributed by atoms with E-state index in [-0.39, 0.29) is 11.4 Å². The van der Waals surface area contributed by atoms with Crippen molar-refractivity contribution in [1.82, 2.24) is 9.80 Å². The number of ether oxygens (including phenoxy) is 2. The molecule has 0 bridgehead atoms. The summed E-state index contributed by atoms with van der Waals surface area (Å²) in [5.74, 6) is -0.136. The molecule has 3 rings (SSSR count). The molecule has 8 heteroatoms. The molecule has 1 atom stereocenters. The number of rotatable bonds is 14. The van der Waals surface area contributed by atoms with E-state index in [0.29, 0.717) is 41.7 Å². The van der Waals surface area contributed by atoms with E-state index >= 15 is 0 Å². The number of ketones is 1. The van der Waals surface area contributed by atoms with Crippen LogP contribution in [0.15, 0.2) is 47.0 Å². The molecule has 0 radical (unpaired) electrons. The lowest BCUT2D eigenvalue weighted by atomic mass is 9.95. The van der Waals surface area contributed by atoms with Gasteiger partial charge in [0, 0.05) is 6.54 Å². The van der Waals surface area contributed by atoms with Gasteiger partial charge in [0.1, 0.15) is 0 Å². The first-order valence-corrected chi connectivity index (χ1v) is 13.3. The van der Waals surface area contributed by atoms with Crippen molar-refractivity contribution in [2.75, 3.05) is 39.4 Å². The molecule has 0 saturated heterocycles. The van der Waals surface area contributed by atoms with Crippen LogP contribution in [0.5, 0.6) is 11.5 Å². The van der Waals surface area contributed by atoms with Gasteiger partial charge in [0.15, 0.2) is 17.3 Å². The van der Waals surface area contributed by atoms with Gasteiger partial charge in [0.05, 0.1) is 29.7 Å². The Morgan fingerprint density at radius 1 is 1.11 bits per heavy atom. The van der Waals surface area contributed by atoms with Crippen molar-refractivity contribution in [2.24, 2.45) is 0 Å². The minimum absolute atomic E-state index is 0.116. The molecule has 1 unspecified atom stereocenters. The molecule has 1 amide bonds. The van der Waals surface area contributed by atoms with Crippen LogP contribution in [0.2, 0.25) is 0 Å². The van der Waals surface area contributed by atoms with E-state index in [1.807, 2.05) is 37.4 Å². The van der Waals surface area contributed by atoms with Crippen LogP contribution in [-0.2, 0) is 4.79 Å². The van der Waals surface area contributed by atoms with E-state index in [0.717, 1.165) is 32.5 Å². The number of hydrogen-bond acceptors (Lipinski definition) is 7. The van der Waals surface area contributed by atoms with Gasteiger partial charge >= 0.3 is 0 Å².